The van der Waals surface area contributed by atoms with Crippen molar-refractivity contribution in [2.45, 2.75) is 13.0 Å². The molecule has 1 aromatic rings. The van der Waals surface area contributed by atoms with Crippen LogP contribution < -0.4 is 5.32 Å². The van der Waals surface area contributed by atoms with E-state index >= 15 is 0 Å². The van der Waals surface area contributed by atoms with Crippen molar-refractivity contribution < 1.29 is 23.9 Å². The summed E-state index contributed by atoms with van der Waals surface area (Å²) in [7, 11) is 0. The molecule has 1 N–H and O–H groups in total. The fourth-order valence-corrected chi connectivity index (χ4v) is 3.21. The summed E-state index contributed by atoms with van der Waals surface area (Å²) in [6.07, 6.45) is 1.89. The predicted molar refractivity (Wildman–Crippen MR) is 91.5 cm³/mol. The number of hydrogen-bond donors (Lipinski definition) is 1. The Hall–Kier alpha value is -2.13. The van der Waals surface area contributed by atoms with E-state index in [2.05, 4.69) is 5.32 Å². The third-order valence-electron chi connectivity index (χ3n) is 3.09. The van der Waals surface area contributed by atoms with Crippen molar-refractivity contribution in [1.82, 2.24) is 10.2 Å². The summed E-state index contributed by atoms with van der Waals surface area (Å²) in [6, 6.07) is 1.85. The molecule has 128 valence electrons. The van der Waals surface area contributed by atoms with Gasteiger partial charge in [-0.2, -0.15) is 11.3 Å². The maximum atomic E-state index is 11.8. The van der Waals surface area contributed by atoms with Crippen molar-refractivity contribution in [2.24, 2.45) is 0 Å². The van der Waals surface area contributed by atoms with Gasteiger partial charge in [0, 0.05) is 19.2 Å². The van der Waals surface area contributed by atoms with E-state index in [4.69, 9.17) is 4.74 Å². The molecule has 0 aromatic carbocycles. The van der Waals surface area contributed by atoms with Crippen LogP contribution in [0.2, 0.25) is 0 Å². The average molecular weight is 368 g/mol. The Labute approximate surface area is 147 Å². The number of hydrogen-bond acceptors (Lipinski definition) is 7. The van der Waals surface area contributed by atoms with Crippen LogP contribution in [0.1, 0.15) is 12.5 Å². The first kappa shape index (κ1) is 18.2. The summed E-state index contributed by atoms with van der Waals surface area (Å²) < 4.78 is 4.99. The number of nitrogens with zero attached hydrogens (tertiary/aromatic N) is 1. The van der Waals surface area contributed by atoms with Gasteiger partial charge in [0.1, 0.15) is 0 Å². The first-order valence-electron chi connectivity index (χ1n) is 7.13. The number of esters is 1. The van der Waals surface area contributed by atoms with E-state index in [-0.39, 0.29) is 30.0 Å². The third kappa shape index (κ3) is 5.20. The van der Waals surface area contributed by atoms with Crippen molar-refractivity contribution in [3.05, 3.63) is 28.5 Å². The number of carbonyl (C=O) groups excluding carboxylic acids is 4. The fourth-order valence-electron chi connectivity index (χ4n) is 1.83. The lowest BCUT2D eigenvalue weighted by molar-refractivity contribution is -0.150. The van der Waals surface area contributed by atoms with Crippen LogP contribution in [-0.4, -0.2) is 52.9 Å². The molecule has 1 aliphatic heterocycles. The van der Waals surface area contributed by atoms with E-state index in [1.807, 2.05) is 16.8 Å². The molecule has 24 heavy (non-hydrogen) atoms. The van der Waals surface area contributed by atoms with Gasteiger partial charge in [0.25, 0.3) is 11.1 Å². The molecule has 1 atom stereocenters. The summed E-state index contributed by atoms with van der Waals surface area (Å²) in [4.78, 5) is 47.4. The minimum Gasteiger partial charge on any atom is -0.449 e. The van der Waals surface area contributed by atoms with Crippen LogP contribution in [0, 0.1) is 0 Å². The zero-order valence-corrected chi connectivity index (χ0v) is 14.5. The number of thioether (sulfide) groups is 1. The van der Waals surface area contributed by atoms with Crippen molar-refractivity contribution in [1.29, 1.82) is 0 Å². The van der Waals surface area contributed by atoms with Gasteiger partial charge >= 0.3 is 5.97 Å². The molecule has 9 heteroatoms. The largest absolute Gasteiger partial charge is 0.449 e. The molecule has 0 spiro atoms. The van der Waals surface area contributed by atoms with Gasteiger partial charge in [-0.3, -0.25) is 19.3 Å². The van der Waals surface area contributed by atoms with E-state index in [1.54, 1.807) is 6.08 Å². The number of thiophene rings is 1. The fraction of sp³-hybridized carbons (Fsp3) is 0.333. The molecular formula is C15H16N2O5S2. The number of carbonyl (C=O) groups is 4. The van der Waals surface area contributed by atoms with Gasteiger partial charge in [-0.25, -0.2) is 4.79 Å². The highest BCUT2D eigenvalue weighted by molar-refractivity contribution is 8.14. The lowest BCUT2D eigenvalue weighted by Crippen LogP contribution is -2.41. The summed E-state index contributed by atoms with van der Waals surface area (Å²) in [5, 5.41) is 5.98. The average Bonchev–Trinajstić information content (AvgIpc) is 3.17. The Morgan fingerprint density at radius 2 is 2.25 bits per heavy atom. The molecule has 1 aliphatic rings. The van der Waals surface area contributed by atoms with Gasteiger partial charge in [0.05, 0.1) is 5.75 Å². The normalized spacial score (nSPS) is 15.8. The Morgan fingerprint density at radius 1 is 1.46 bits per heavy atom. The monoisotopic (exact) mass is 368 g/mol. The molecule has 3 amide bonds. The molecule has 0 aliphatic carbocycles. The highest BCUT2D eigenvalue weighted by Crippen LogP contribution is 2.17. The maximum absolute atomic E-state index is 11.8. The van der Waals surface area contributed by atoms with Crippen LogP contribution in [0.25, 0.3) is 6.08 Å². The van der Waals surface area contributed by atoms with Gasteiger partial charge in [-0.15, -0.1) is 0 Å². The number of nitrogens with one attached hydrogen (secondary N) is 1. The van der Waals surface area contributed by atoms with Crippen LogP contribution in [-0.2, 0) is 19.1 Å². The van der Waals surface area contributed by atoms with Crippen LogP contribution in [0.3, 0.4) is 0 Å². The van der Waals surface area contributed by atoms with Gasteiger partial charge in [0.15, 0.2) is 6.10 Å². The SMILES string of the molecule is C[C@@H](OC(=O)/C=C/c1ccsc1)C(=O)NCCN1C(=O)CSC1=O. The van der Waals surface area contributed by atoms with Crippen LogP contribution in [0.4, 0.5) is 4.79 Å². The Morgan fingerprint density at radius 3 is 2.88 bits per heavy atom. The molecule has 2 heterocycles. The minimum absolute atomic E-state index is 0.106. The molecule has 1 aromatic heterocycles. The van der Waals surface area contributed by atoms with E-state index in [0.29, 0.717) is 0 Å². The summed E-state index contributed by atoms with van der Waals surface area (Å²) >= 11 is 2.45. The Balaban J connectivity index is 1.70. The molecule has 0 radical (unpaired) electrons. The van der Waals surface area contributed by atoms with Crippen molar-refractivity contribution >= 4 is 52.2 Å². The van der Waals surface area contributed by atoms with Gasteiger partial charge < -0.3 is 10.1 Å². The molecule has 2 rings (SSSR count). The number of rotatable bonds is 7. The smallest absolute Gasteiger partial charge is 0.331 e. The number of imide groups is 1. The van der Waals surface area contributed by atoms with Crippen molar-refractivity contribution in [3.63, 3.8) is 0 Å². The minimum atomic E-state index is -0.969. The first-order valence-corrected chi connectivity index (χ1v) is 9.06. The molecule has 0 bridgehead atoms. The topological polar surface area (TPSA) is 92.8 Å². The molecule has 0 saturated carbocycles. The van der Waals surface area contributed by atoms with E-state index < -0.39 is 18.0 Å². The van der Waals surface area contributed by atoms with E-state index in [1.165, 1.54) is 24.3 Å². The molecular weight excluding hydrogens is 352 g/mol. The van der Waals surface area contributed by atoms with E-state index in [0.717, 1.165) is 22.2 Å². The lowest BCUT2D eigenvalue weighted by Gasteiger charge is -2.15. The summed E-state index contributed by atoms with van der Waals surface area (Å²) in [6.45, 7) is 1.67. The summed E-state index contributed by atoms with van der Waals surface area (Å²) in [5.41, 5.74) is 0.881. The van der Waals surface area contributed by atoms with Crippen LogP contribution >= 0.6 is 23.1 Å². The van der Waals surface area contributed by atoms with Gasteiger partial charge in [-0.05, 0) is 35.4 Å². The number of ether oxygens (including phenoxy) is 1. The second kappa shape index (κ2) is 8.65. The lowest BCUT2D eigenvalue weighted by atomic mass is 10.3. The maximum Gasteiger partial charge on any atom is 0.331 e. The Kier molecular flexibility index (Phi) is 6.56. The molecule has 0 unspecified atom stereocenters. The highest BCUT2D eigenvalue weighted by Gasteiger charge is 2.29. The van der Waals surface area contributed by atoms with Crippen molar-refractivity contribution in [2.75, 3.05) is 18.8 Å². The third-order valence-corrected chi connectivity index (χ3v) is 4.65. The van der Waals surface area contributed by atoms with Crippen LogP contribution in [0.5, 0.6) is 0 Å². The second-order valence-electron chi connectivity index (χ2n) is 4.86. The zero-order valence-electron chi connectivity index (χ0n) is 12.9. The molecule has 1 fully saturated rings. The predicted octanol–water partition coefficient (Wildman–Crippen LogP) is 1.50. The molecule has 1 saturated heterocycles. The molecule has 7 nitrogen and oxygen atoms in total. The van der Waals surface area contributed by atoms with Gasteiger partial charge in [0.2, 0.25) is 5.91 Å². The standard InChI is InChI=1S/C15H16N2O5S2/c1-10(22-13(19)3-2-11-4-7-23-8-11)14(20)16-5-6-17-12(18)9-24-15(17)21/h2-4,7-8,10H,5-6,9H2,1H3,(H,16,20)/b3-2+/t10-/m1/s1. The van der Waals surface area contributed by atoms with Crippen molar-refractivity contribution in [3.8, 4) is 0 Å². The zero-order chi connectivity index (χ0) is 17.5. The van der Waals surface area contributed by atoms with Crippen LogP contribution in [0.15, 0.2) is 22.9 Å². The second-order valence-corrected chi connectivity index (χ2v) is 6.57. The first-order chi connectivity index (χ1) is 11.5. The highest BCUT2D eigenvalue weighted by atomic mass is 32.2. The van der Waals surface area contributed by atoms with Gasteiger partial charge in [-0.1, -0.05) is 11.8 Å². The summed E-state index contributed by atoms with van der Waals surface area (Å²) in [5.74, 6) is -1.24. The number of amides is 3. The van der Waals surface area contributed by atoms with E-state index in [9.17, 15) is 19.2 Å². The Bertz CT molecular complexity index is 641. The quantitative estimate of drug-likeness (QED) is 0.579.